The second-order valence-corrected chi connectivity index (χ2v) is 21.0. The van der Waals surface area contributed by atoms with Crippen LogP contribution in [-0.4, -0.2) is 110 Å². The largest absolute Gasteiger partial charge is 0.394 e. The van der Waals surface area contributed by atoms with Crippen LogP contribution in [-0.2, 0) is 14.3 Å². The predicted octanol–water partition coefficient (Wildman–Crippen LogP) is 12.7. The van der Waals surface area contributed by atoms with Gasteiger partial charge in [-0.1, -0.05) is 243 Å². The number of aliphatic hydroxyl groups excluding tert-OH is 7. The van der Waals surface area contributed by atoms with Crippen LogP contribution in [0.2, 0.25) is 0 Å². The summed E-state index contributed by atoms with van der Waals surface area (Å²) in [7, 11) is 0. The van der Waals surface area contributed by atoms with Gasteiger partial charge < -0.3 is 50.5 Å². The zero-order valence-corrected chi connectivity index (χ0v) is 45.7. The van der Waals surface area contributed by atoms with Gasteiger partial charge in [0.1, 0.15) is 36.6 Å². The molecule has 418 valence electrons. The molecule has 0 aromatic heterocycles. The number of unbranched alkanes of at least 4 members (excludes halogenated alkanes) is 33. The van der Waals surface area contributed by atoms with Crippen LogP contribution in [0.15, 0.2) is 36.5 Å². The molecule has 1 amide bonds. The second-order valence-electron chi connectivity index (χ2n) is 21.0. The number of carbonyl (C=O) groups is 1. The fourth-order valence-electron chi connectivity index (χ4n) is 9.53. The van der Waals surface area contributed by atoms with Gasteiger partial charge in [-0.2, -0.15) is 0 Å². The van der Waals surface area contributed by atoms with Crippen molar-refractivity contribution in [1.82, 2.24) is 5.32 Å². The van der Waals surface area contributed by atoms with E-state index < -0.39 is 74.2 Å². The Bertz CT molecular complexity index is 1250. The highest BCUT2D eigenvalue weighted by Gasteiger charge is 2.44. The third kappa shape index (κ3) is 37.7. The zero-order chi connectivity index (χ0) is 51.8. The van der Waals surface area contributed by atoms with E-state index >= 15 is 0 Å². The Kier molecular flexibility index (Phi) is 46.7. The molecule has 0 aliphatic carbocycles. The van der Waals surface area contributed by atoms with Crippen LogP contribution in [0.4, 0.5) is 0 Å². The molecule has 0 radical (unpaired) electrons. The standard InChI is InChI=1S/C60H113NO10/c1-3-5-7-9-11-13-15-17-19-20-21-22-23-24-25-26-27-28-29-30-31-32-34-35-37-39-41-43-45-47-52(63)55(65)51(50-70-60-58(68)57(67)56(66)54(49-62)71-60)61-59(69)53(64)48-46-44-42-40-38-36-33-18-16-14-12-10-8-6-4-2/h28-29,32,34,39,41,51-58,60,62-68H,3-27,30-31,33,35-38,40,42-50H2,1-2H3,(H,61,69)/b29-28+,34-32+,41-39+. The Morgan fingerprint density at radius 1 is 0.479 bits per heavy atom. The molecule has 1 rings (SSSR count). The first-order chi connectivity index (χ1) is 34.7. The van der Waals surface area contributed by atoms with Crippen LogP contribution in [0, 0.1) is 0 Å². The van der Waals surface area contributed by atoms with Gasteiger partial charge in [0.15, 0.2) is 6.29 Å². The van der Waals surface area contributed by atoms with E-state index in [-0.39, 0.29) is 12.8 Å². The van der Waals surface area contributed by atoms with E-state index in [4.69, 9.17) is 9.47 Å². The van der Waals surface area contributed by atoms with Gasteiger partial charge in [0.25, 0.3) is 0 Å². The third-order valence-electron chi connectivity index (χ3n) is 14.4. The fraction of sp³-hybridized carbons (Fsp3) is 0.883. The number of allylic oxidation sites excluding steroid dienone is 6. The van der Waals surface area contributed by atoms with Crippen LogP contribution in [0.25, 0.3) is 0 Å². The number of carbonyl (C=O) groups excluding carboxylic acids is 1. The molecular weight excluding hydrogens is 895 g/mol. The second kappa shape index (κ2) is 49.2. The van der Waals surface area contributed by atoms with Gasteiger partial charge in [-0.15, -0.1) is 0 Å². The minimum Gasteiger partial charge on any atom is -0.394 e. The Balaban J connectivity index is 2.31. The summed E-state index contributed by atoms with van der Waals surface area (Å²) in [4.78, 5) is 13.2. The molecule has 8 N–H and O–H groups in total. The molecule has 9 unspecified atom stereocenters. The fourth-order valence-corrected chi connectivity index (χ4v) is 9.53. The molecule has 11 heteroatoms. The van der Waals surface area contributed by atoms with Crippen molar-refractivity contribution in [2.75, 3.05) is 13.2 Å². The first-order valence-corrected chi connectivity index (χ1v) is 29.9. The number of nitrogens with one attached hydrogen (secondary N) is 1. The Morgan fingerprint density at radius 2 is 0.845 bits per heavy atom. The first-order valence-electron chi connectivity index (χ1n) is 29.9. The van der Waals surface area contributed by atoms with E-state index in [1.54, 1.807) is 0 Å². The minimum absolute atomic E-state index is 0.243. The molecule has 11 nitrogen and oxygen atoms in total. The Labute approximate surface area is 435 Å². The highest BCUT2D eigenvalue weighted by Crippen LogP contribution is 2.23. The number of aliphatic hydroxyl groups is 7. The average molecular weight is 1010 g/mol. The van der Waals surface area contributed by atoms with E-state index in [1.165, 1.54) is 180 Å². The lowest BCUT2D eigenvalue weighted by Crippen LogP contribution is -2.60. The lowest BCUT2D eigenvalue weighted by atomic mass is 9.98. The molecule has 9 atom stereocenters. The molecule has 1 heterocycles. The maximum Gasteiger partial charge on any atom is 0.249 e. The van der Waals surface area contributed by atoms with Gasteiger partial charge in [0.05, 0.1) is 25.4 Å². The van der Waals surface area contributed by atoms with Crippen molar-refractivity contribution in [2.24, 2.45) is 0 Å². The number of rotatable bonds is 51. The van der Waals surface area contributed by atoms with Crippen molar-refractivity contribution < 1.29 is 50.0 Å². The Morgan fingerprint density at radius 3 is 1.25 bits per heavy atom. The maximum absolute atomic E-state index is 13.2. The summed E-state index contributed by atoms with van der Waals surface area (Å²) < 4.78 is 11.1. The van der Waals surface area contributed by atoms with Gasteiger partial charge in [0.2, 0.25) is 5.91 Å². The molecule has 0 aromatic carbocycles. The summed E-state index contributed by atoms with van der Waals surface area (Å²) in [5, 5.41) is 76.1. The van der Waals surface area contributed by atoms with Gasteiger partial charge in [-0.05, 0) is 64.2 Å². The van der Waals surface area contributed by atoms with Gasteiger partial charge in [0, 0.05) is 0 Å². The molecule has 71 heavy (non-hydrogen) atoms. The molecule has 1 aliphatic heterocycles. The minimum atomic E-state index is -1.67. The SMILES string of the molecule is CCCCCCCCCCCCCCCCCC/C=C/CC/C=C/CC/C=C/CCCC(O)C(O)C(COC1OC(CO)C(O)C(O)C1O)NC(=O)C(O)CCCCCCCCCCCCCCCCC. The Hall–Kier alpha value is -1.67. The number of amides is 1. The summed E-state index contributed by atoms with van der Waals surface area (Å²) >= 11 is 0. The molecule has 0 spiro atoms. The summed E-state index contributed by atoms with van der Waals surface area (Å²) in [5.74, 6) is -0.710. The average Bonchev–Trinajstić information content (AvgIpc) is 3.37. The van der Waals surface area contributed by atoms with Crippen molar-refractivity contribution >= 4 is 5.91 Å². The number of hydrogen-bond donors (Lipinski definition) is 8. The summed E-state index contributed by atoms with van der Waals surface area (Å²) in [6, 6.07) is -1.19. The van der Waals surface area contributed by atoms with Crippen molar-refractivity contribution in [2.45, 2.75) is 326 Å². The molecule has 1 fully saturated rings. The molecule has 1 saturated heterocycles. The summed E-state index contributed by atoms with van der Waals surface area (Å²) in [6.07, 6.45) is 49.3. The lowest BCUT2D eigenvalue weighted by molar-refractivity contribution is -0.303. The lowest BCUT2D eigenvalue weighted by Gasteiger charge is -2.40. The number of hydrogen-bond acceptors (Lipinski definition) is 10. The van der Waals surface area contributed by atoms with Crippen molar-refractivity contribution in [3.05, 3.63) is 36.5 Å². The maximum atomic E-state index is 13.2. The van der Waals surface area contributed by atoms with E-state index in [9.17, 15) is 40.5 Å². The number of ether oxygens (including phenoxy) is 2. The van der Waals surface area contributed by atoms with Crippen LogP contribution < -0.4 is 5.32 Å². The normalized spacial score (nSPS) is 20.4. The van der Waals surface area contributed by atoms with Crippen molar-refractivity contribution in [3.8, 4) is 0 Å². The van der Waals surface area contributed by atoms with Crippen molar-refractivity contribution in [1.29, 1.82) is 0 Å². The first kappa shape index (κ1) is 67.3. The topological polar surface area (TPSA) is 189 Å². The van der Waals surface area contributed by atoms with Crippen LogP contribution >= 0.6 is 0 Å². The van der Waals surface area contributed by atoms with Gasteiger partial charge in [-0.3, -0.25) is 4.79 Å². The van der Waals surface area contributed by atoms with E-state index in [0.717, 1.165) is 44.9 Å². The monoisotopic (exact) mass is 1010 g/mol. The molecular formula is C60H113NO10. The van der Waals surface area contributed by atoms with Gasteiger partial charge in [-0.25, -0.2) is 0 Å². The summed E-state index contributed by atoms with van der Waals surface area (Å²) in [5.41, 5.74) is 0. The van der Waals surface area contributed by atoms with E-state index in [1.807, 2.05) is 0 Å². The highest BCUT2D eigenvalue weighted by molar-refractivity contribution is 5.80. The highest BCUT2D eigenvalue weighted by atomic mass is 16.7. The molecule has 0 bridgehead atoms. The predicted molar refractivity (Wildman–Crippen MR) is 293 cm³/mol. The third-order valence-corrected chi connectivity index (χ3v) is 14.4. The zero-order valence-electron chi connectivity index (χ0n) is 45.7. The van der Waals surface area contributed by atoms with E-state index in [0.29, 0.717) is 19.3 Å². The quantitative estimate of drug-likeness (QED) is 0.0215. The van der Waals surface area contributed by atoms with Crippen LogP contribution in [0.5, 0.6) is 0 Å². The smallest absolute Gasteiger partial charge is 0.249 e. The van der Waals surface area contributed by atoms with Crippen molar-refractivity contribution in [3.63, 3.8) is 0 Å². The van der Waals surface area contributed by atoms with Crippen LogP contribution in [0.1, 0.15) is 271 Å². The molecule has 0 saturated carbocycles. The summed E-state index contributed by atoms with van der Waals surface area (Å²) in [6.45, 7) is 3.45. The van der Waals surface area contributed by atoms with Crippen LogP contribution in [0.3, 0.4) is 0 Å². The van der Waals surface area contributed by atoms with Gasteiger partial charge >= 0.3 is 0 Å². The molecule has 1 aliphatic rings. The molecule has 0 aromatic rings. The van der Waals surface area contributed by atoms with E-state index in [2.05, 4.69) is 55.6 Å².